The van der Waals surface area contributed by atoms with Crippen LogP contribution in [0.4, 0.5) is 0 Å². The first-order chi connectivity index (χ1) is 11.3. The van der Waals surface area contributed by atoms with Gasteiger partial charge >= 0.3 is 5.97 Å². The van der Waals surface area contributed by atoms with Crippen LogP contribution in [0, 0.1) is 0 Å². The molecular weight excluding hydrogens is 302 g/mol. The molecule has 0 saturated carbocycles. The van der Waals surface area contributed by atoms with Gasteiger partial charge in [0.25, 0.3) is 0 Å². The molecule has 1 aromatic carbocycles. The molecule has 1 aliphatic heterocycles. The van der Waals surface area contributed by atoms with E-state index in [1.165, 1.54) is 0 Å². The van der Waals surface area contributed by atoms with E-state index in [9.17, 15) is 9.59 Å². The number of nitrogens with zero attached hydrogens (tertiary/aromatic N) is 1. The highest BCUT2D eigenvalue weighted by molar-refractivity contribution is 5.78. The quantitative estimate of drug-likeness (QED) is 0.719. The van der Waals surface area contributed by atoms with Crippen molar-refractivity contribution in [2.24, 2.45) is 0 Å². The highest BCUT2D eigenvalue weighted by Crippen LogP contribution is 2.29. The molecule has 0 unspecified atom stereocenters. The van der Waals surface area contributed by atoms with Crippen molar-refractivity contribution in [3.8, 4) is 0 Å². The molecule has 1 heterocycles. The Morgan fingerprint density at radius 3 is 2.75 bits per heavy atom. The van der Waals surface area contributed by atoms with E-state index in [0.717, 1.165) is 29.7 Å². The Morgan fingerprint density at radius 2 is 2.12 bits per heavy atom. The summed E-state index contributed by atoms with van der Waals surface area (Å²) in [5.41, 5.74) is 2.87. The molecule has 1 aromatic rings. The molecule has 0 spiro atoms. The van der Waals surface area contributed by atoms with E-state index >= 15 is 0 Å². The number of hydrogen-bond donors (Lipinski definition) is 0. The minimum absolute atomic E-state index is 0.156. The third-order valence-electron chi connectivity index (χ3n) is 4.52. The maximum atomic E-state index is 12.2. The third-order valence-corrected chi connectivity index (χ3v) is 4.52. The molecule has 0 aliphatic carbocycles. The molecule has 0 atom stereocenters. The second-order valence-electron chi connectivity index (χ2n) is 7.13. The van der Waals surface area contributed by atoms with Crippen LogP contribution in [0.15, 0.2) is 30.8 Å². The third kappa shape index (κ3) is 4.70. The van der Waals surface area contributed by atoms with Crippen LogP contribution in [0.2, 0.25) is 0 Å². The number of amides is 1. The Morgan fingerprint density at radius 1 is 1.38 bits per heavy atom. The summed E-state index contributed by atoms with van der Waals surface area (Å²) in [5, 5.41) is 0. The number of likely N-dealkylation sites (tertiary alicyclic amines) is 1. The summed E-state index contributed by atoms with van der Waals surface area (Å²) in [5.74, 6) is -0.0737. The summed E-state index contributed by atoms with van der Waals surface area (Å²) in [6, 6.07) is 8.12. The number of allylic oxidation sites excluding steroid dienone is 1. The number of benzene rings is 1. The second kappa shape index (κ2) is 7.65. The summed E-state index contributed by atoms with van der Waals surface area (Å²) < 4.78 is 5.34. The minimum Gasteiger partial charge on any atom is -0.464 e. The van der Waals surface area contributed by atoms with E-state index in [0.29, 0.717) is 19.4 Å². The van der Waals surface area contributed by atoms with Gasteiger partial charge in [0.15, 0.2) is 0 Å². The highest BCUT2D eigenvalue weighted by Gasteiger charge is 2.26. The van der Waals surface area contributed by atoms with E-state index in [2.05, 4.69) is 12.6 Å². The van der Waals surface area contributed by atoms with Gasteiger partial charge in [-0.2, -0.15) is 0 Å². The zero-order valence-corrected chi connectivity index (χ0v) is 14.9. The Kier molecular flexibility index (Phi) is 5.81. The Labute approximate surface area is 144 Å². The minimum atomic E-state index is -0.313. The van der Waals surface area contributed by atoms with Crippen LogP contribution in [0.5, 0.6) is 0 Å². The van der Waals surface area contributed by atoms with E-state index in [-0.39, 0.29) is 23.9 Å². The lowest BCUT2D eigenvalue weighted by Gasteiger charge is -2.25. The Bertz CT molecular complexity index is 634. The molecule has 24 heavy (non-hydrogen) atoms. The van der Waals surface area contributed by atoms with Crippen molar-refractivity contribution in [3.05, 3.63) is 42.0 Å². The molecule has 1 saturated heterocycles. The molecule has 1 fully saturated rings. The molecule has 1 amide bonds. The number of esters is 1. The van der Waals surface area contributed by atoms with Crippen LogP contribution < -0.4 is 0 Å². The standard InChI is InChI=1S/C20H27NO3/c1-15(2)16-7-5-8-17(13-16)20(3,4)14-19(23)24-12-11-21-10-6-9-18(21)22/h5,7-8,13H,1,6,9-12,14H2,2-4H3. The zero-order chi connectivity index (χ0) is 17.7. The topological polar surface area (TPSA) is 46.6 Å². The fraction of sp³-hybridized carbons (Fsp3) is 0.500. The van der Waals surface area contributed by atoms with Gasteiger partial charge in [-0.05, 0) is 24.5 Å². The predicted molar refractivity (Wildman–Crippen MR) is 95.6 cm³/mol. The zero-order valence-electron chi connectivity index (χ0n) is 14.9. The van der Waals surface area contributed by atoms with Gasteiger partial charge in [-0.3, -0.25) is 9.59 Å². The first-order valence-electron chi connectivity index (χ1n) is 8.49. The first-order valence-corrected chi connectivity index (χ1v) is 8.49. The average Bonchev–Trinajstić information content (AvgIpc) is 2.92. The molecule has 2 rings (SSSR count). The van der Waals surface area contributed by atoms with Gasteiger partial charge in [0.2, 0.25) is 5.91 Å². The van der Waals surface area contributed by atoms with E-state index in [1.54, 1.807) is 4.90 Å². The van der Waals surface area contributed by atoms with Crippen LogP contribution in [-0.4, -0.2) is 36.5 Å². The van der Waals surface area contributed by atoms with Crippen molar-refractivity contribution in [2.75, 3.05) is 19.7 Å². The van der Waals surface area contributed by atoms with Crippen LogP contribution in [0.25, 0.3) is 5.57 Å². The summed E-state index contributed by atoms with van der Waals surface area (Å²) in [4.78, 5) is 25.5. The van der Waals surface area contributed by atoms with Gasteiger partial charge in [0, 0.05) is 18.4 Å². The fourth-order valence-electron chi connectivity index (χ4n) is 2.93. The van der Waals surface area contributed by atoms with E-state index in [4.69, 9.17) is 4.74 Å². The van der Waals surface area contributed by atoms with E-state index in [1.807, 2.05) is 39.0 Å². The van der Waals surface area contributed by atoms with E-state index < -0.39 is 0 Å². The van der Waals surface area contributed by atoms with Crippen LogP contribution in [0.3, 0.4) is 0 Å². The lowest BCUT2D eigenvalue weighted by molar-refractivity contribution is -0.146. The van der Waals surface area contributed by atoms with Crippen LogP contribution in [0.1, 0.15) is 51.2 Å². The maximum absolute atomic E-state index is 12.2. The first kappa shape index (κ1) is 18.2. The van der Waals surface area contributed by atoms with Crippen molar-refractivity contribution in [3.63, 3.8) is 0 Å². The molecule has 4 nitrogen and oxygen atoms in total. The van der Waals surface area contributed by atoms with Gasteiger partial charge in [-0.25, -0.2) is 0 Å². The molecule has 4 heteroatoms. The van der Waals surface area contributed by atoms with Crippen molar-refractivity contribution in [2.45, 2.75) is 45.4 Å². The number of carbonyl (C=O) groups is 2. The number of rotatable bonds is 7. The van der Waals surface area contributed by atoms with Gasteiger partial charge in [0.1, 0.15) is 6.61 Å². The maximum Gasteiger partial charge on any atom is 0.306 e. The van der Waals surface area contributed by atoms with Crippen molar-refractivity contribution >= 4 is 17.4 Å². The number of carbonyl (C=O) groups excluding carboxylic acids is 2. The average molecular weight is 329 g/mol. The smallest absolute Gasteiger partial charge is 0.306 e. The molecular formula is C20H27NO3. The fourth-order valence-corrected chi connectivity index (χ4v) is 2.93. The largest absolute Gasteiger partial charge is 0.464 e. The Balaban J connectivity index is 1.88. The molecule has 0 N–H and O–H groups in total. The molecule has 130 valence electrons. The molecule has 0 aromatic heterocycles. The van der Waals surface area contributed by atoms with Crippen LogP contribution in [-0.2, 0) is 19.7 Å². The molecule has 0 radical (unpaired) electrons. The molecule has 0 bridgehead atoms. The lowest BCUT2D eigenvalue weighted by atomic mass is 9.80. The molecule has 1 aliphatic rings. The van der Waals surface area contributed by atoms with Gasteiger partial charge < -0.3 is 9.64 Å². The second-order valence-corrected chi connectivity index (χ2v) is 7.13. The van der Waals surface area contributed by atoms with Crippen LogP contribution >= 0.6 is 0 Å². The van der Waals surface area contributed by atoms with Gasteiger partial charge in [-0.1, -0.05) is 50.3 Å². The monoisotopic (exact) mass is 329 g/mol. The summed E-state index contributed by atoms with van der Waals surface area (Å²) >= 11 is 0. The summed E-state index contributed by atoms with van der Waals surface area (Å²) in [7, 11) is 0. The Hall–Kier alpha value is -2.10. The SMILES string of the molecule is C=C(C)c1cccc(C(C)(C)CC(=O)OCCN2CCCC2=O)c1. The van der Waals surface area contributed by atoms with Gasteiger partial charge in [0.05, 0.1) is 13.0 Å². The van der Waals surface area contributed by atoms with Gasteiger partial charge in [-0.15, -0.1) is 0 Å². The number of ether oxygens (including phenoxy) is 1. The normalized spacial score (nSPS) is 14.8. The predicted octanol–water partition coefficient (Wildman–Crippen LogP) is 3.55. The highest BCUT2D eigenvalue weighted by atomic mass is 16.5. The lowest BCUT2D eigenvalue weighted by Crippen LogP contribution is -2.30. The van der Waals surface area contributed by atoms with Crippen molar-refractivity contribution in [1.29, 1.82) is 0 Å². The summed E-state index contributed by atoms with van der Waals surface area (Å²) in [6.45, 7) is 11.6. The van der Waals surface area contributed by atoms with Crippen molar-refractivity contribution < 1.29 is 14.3 Å². The summed E-state index contributed by atoms with van der Waals surface area (Å²) in [6.07, 6.45) is 1.82. The number of hydrogen-bond acceptors (Lipinski definition) is 3. The van der Waals surface area contributed by atoms with Crippen molar-refractivity contribution in [1.82, 2.24) is 4.90 Å².